The number of hydrogen-bond donors (Lipinski definition) is 3. The van der Waals surface area contributed by atoms with Crippen LogP contribution in [-0.4, -0.2) is 33.9 Å². The Balaban J connectivity index is 1.95. The number of aromatic nitrogens is 1. The minimum absolute atomic E-state index is 0.0997. The Kier molecular flexibility index (Phi) is 5.65. The molecule has 7 nitrogen and oxygen atoms in total. The molecule has 3 N–H and O–H groups in total. The topological polar surface area (TPSA) is 101 Å². The number of anilines is 1. The molecule has 0 aliphatic carbocycles. The van der Waals surface area contributed by atoms with Gasteiger partial charge >= 0.3 is 0 Å². The number of phenols is 1. The number of ether oxygens (including phenoxy) is 1. The first-order valence-corrected chi connectivity index (χ1v) is 8.98. The zero-order valence-electron chi connectivity index (χ0n) is 15.7. The number of nitrogens with one attached hydrogen (secondary N) is 1. The first-order chi connectivity index (χ1) is 13.5. The number of fused-ring (bicyclic) bond motifs is 1. The minimum atomic E-state index is -0.499. The maximum absolute atomic E-state index is 12.7. The fourth-order valence-electron chi connectivity index (χ4n) is 2.99. The van der Waals surface area contributed by atoms with Crippen LogP contribution >= 0.6 is 0 Å². The number of aliphatic hydroxyl groups is 1. The van der Waals surface area contributed by atoms with Gasteiger partial charge in [0.25, 0.3) is 11.5 Å². The van der Waals surface area contributed by atoms with Gasteiger partial charge in [0.15, 0.2) is 0 Å². The largest absolute Gasteiger partial charge is 0.507 e. The lowest BCUT2D eigenvalue weighted by atomic mass is 10.1. The second kappa shape index (κ2) is 8.14. The number of carbonyl (C=O) groups excluding carboxylic acids is 1. The van der Waals surface area contributed by atoms with Crippen molar-refractivity contribution in [2.45, 2.75) is 19.9 Å². The smallest absolute Gasteiger partial charge is 0.259 e. The van der Waals surface area contributed by atoms with Crippen molar-refractivity contribution in [3.8, 4) is 11.5 Å². The van der Waals surface area contributed by atoms with E-state index in [1.165, 1.54) is 16.7 Å². The quantitative estimate of drug-likeness (QED) is 0.609. The molecule has 28 heavy (non-hydrogen) atoms. The number of hydrogen-bond acceptors (Lipinski definition) is 5. The lowest BCUT2D eigenvalue weighted by molar-refractivity contribution is 0.102. The van der Waals surface area contributed by atoms with E-state index >= 15 is 0 Å². The van der Waals surface area contributed by atoms with Crippen LogP contribution in [-0.2, 0) is 0 Å². The van der Waals surface area contributed by atoms with Crippen molar-refractivity contribution in [2.75, 3.05) is 18.5 Å². The van der Waals surface area contributed by atoms with Crippen LogP contribution in [0, 0.1) is 0 Å². The van der Waals surface area contributed by atoms with Crippen LogP contribution in [0.1, 0.15) is 30.2 Å². The van der Waals surface area contributed by atoms with E-state index in [9.17, 15) is 19.8 Å². The van der Waals surface area contributed by atoms with Gasteiger partial charge in [0, 0.05) is 28.7 Å². The zero-order valence-corrected chi connectivity index (χ0v) is 15.7. The summed E-state index contributed by atoms with van der Waals surface area (Å²) < 4.78 is 6.75. The van der Waals surface area contributed by atoms with Crippen molar-refractivity contribution in [2.24, 2.45) is 0 Å². The lowest BCUT2D eigenvalue weighted by Crippen LogP contribution is -2.25. The highest BCUT2D eigenvalue weighted by Gasteiger charge is 2.15. The van der Waals surface area contributed by atoms with E-state index in [0.29, 0.717) is 28.8 Å². The SMILES string of the molecule is CCOc1ccc(C(=O)Nc2cccc3c(=O)n(C(C)CO)ccc23)c(O)c1. The highest BCUT2D eigenvalue weighted by molar-refractivity contribution is 6.10. The maximum Gasteiger partial charge on any atom is 0.259 e. The van der Waals surface area contributed by atoms with E-state index in [1.54, 1.807) is 43.5 Å². The van der Waals surface area contributed by atoms with E-state index in [-0.39, 0.29) is 29.5 Å². The Bertz CT molecular complexity index is 1070. The number of benzene rings is 2. The summed E-state index contributed by atoms with van der Waals surface area (Å²) in [5, 5.41) is 23.2. The van der Waals surface area contributed by atoms with Crippen molar-refractivity contribution < 1.29 is 19.7 Å². The molecule has 0 bridgehead atoms. The Morgan fingerprint density at radius 3 is 2.68 bits per heavy atom. The Labute approximate surface area is 161 Å². The predicted octanol–water partition coefficient (Wildman–Crippen LogP) is 2.91. The van der Waals surface area contributed by atoms with Crippen molar-refractivity contribution >= 4 is 22.4 Å². The molecule has 0 radical (unpaired) electrons. The molecule has 1 atom stereocenters. The summed E-state index contributed by atoms with van der Waals surface area (Å²) in [7, 11) is 0. The van der Waals surface area contributed by atoms with Crippen LogP contribution in [0.15, 0.2) is 53.5 Å². The average Bonchev–Trinajstić information content (AvgIpc) is 2.68. The number of rotatable bonds is 6. The van der Waals surface area contributed by atoms with Crippen molar-refractivity contribution in [1.29, 1.82) is 0 Å². The Morgan fingerprint density at radius 2 is 2.00 bits per heavy atom. The van der Waals surface area contributed by atoms with Gasteiger partial charge < -0.3 is 24.8 Å². The monoisotopic (exact) mass is 382 g/mol. The van der Waals surface area contributed by atoms with Gasteiger partial charge in [-0.1, -0.05) is 6.07 Å². The van der Waals surface area contributed by atoms with E-state index in [0.717, 1.165) is 0 Å². The molecule has 3 aromatic rings. The molecule has 0 aliphatic heterocycles. The molecule has 1 aromatic heterocycles. The summed E-state index contributed by atoms with van der Waals surface area (Å²) in [6.07, 6.45) is 1.59. The standard InChI is InChI=1S/C21H22N2O5/c1-3-28-14-7-8-17(19(25)11-14)20(26)22-18-6-4-5-16-15(18)9-10-23(21(16)27)13(2)12-24/h4-11,13,24-25H,3,12H2,1-2H3,(H,22,26). The van der Waals surface area contributed by atoms with Crippen LogP contribution in [0.5, 0.6) is 11.5 Å². The second-order valence-electron chi connectivity index (χ2n) is 6.39. The van der Waals surface area contributed by atoms with Gasteiger partial charge in [0.05, 0.1) is 24.8 Å². The molecule has 146 valence electrons. The van der Waals surface area contributed by atoms with E-state index in [1.807, 2.05) is 6.92 Å². The number of carbonyl (C=O) groups is 1. The third-order valence-corrected chi connectivity index (χ3v) is 4.48. The molecule has 0 spiro atoms. The number of nitrogens with zero attached hydrogens (tertiary/aromatic N) is 1. The first kappa shape index (κ1) is 19.4. The predicted molar refractivity (Wildman–Crippen MR) is 107 cm³/mol. The van der Waals surface area contributed by atoms with E-state index in [4.69, 9.17) is 4.74 Å². The van der Waals surface area contributed by atoms with Gasteiger partial charge in [-0.25, -0.2) is 0 Å². The van der Waals surface area contributed by atoms with Crippen molar-refractivity contribution in [3.63, 3.8) is 0 Å². The summed E-state index contributed by atoms with van der Waals surface area (Å²) in [5.41, 5.74) is 0.304. The number of pyridine rings is 1. The molecule has 7 heteroatoms. The zero-order chi connectivity index (χ0) is 20.3. The molecule has 1 unspecified atom stereocenters. The number of phenolic OH excluding ortho intramolecular Hbond substituents is 1. The molecule has 1 amide bonds. The fourth-order valence-corrected chi connectivity index (χ4v) is 2.99. The lowest BCUT2D eigenvalue weighted by Gasteiger charge is -2.15. The van der Waals surface area contributed by atoms with Crippen LogP contribution in [0.2, 0.25) is 0 Å². The molecule has 0 saturated heterocycles. The summed E-state index contributed by atoms with van der Waals surface area (Å²) in [6.45, 7) is 3.87. The summed E-state index contributed by atoms with van der Waals surface area (Å²) >= 11 is 0. The van der Waals surface area contributed by atoms with E-state index in [2.05, 4.69) is 5.32 Å². The van der Waals surface area contributed by atoms with Gasteiger partial charge in [0.2, 0.25) is 0 Å². The summed E-state index contributed by atoms with van der Waals surface area (Å²) in [4.78, 5) is 25.3. The summed E-state index contributed by atoms with van der Waals surface area (Å²) in [5.74, 6) is -0.218. The molecule has 0 aliphatic rings. The number of aliphatic hydroxyl groups excluding tert-OH is 1. The Hall–Kier alpha value is -3.32. The van der Waals surface area contributed by atoms with Gasteiger partial charge in [-0.15, -0.1) is 0 Å². The van der Waals surface area contributed by atoms with Gasteiger partial charge in [-0.05, 0) is 44.2 Å². The molecule has 2 aromatic carbocycles. The first-order valence-electron chi connectivity index (χ1n) is 8.98. The highest BCUT2D eigenvalue weighted by atomic mass is 16.5. The normalized spacial score (nSPS) is 12.0. The van der Waals surface area contributed by atoms with Gasteiger partial charge in [-0.2, -0.15) is 0 Å². The second-order valence-corrected chi connectivity index (χ2v) is 6.39. The van der Waals surface area contributed by atoms with Crippen LogP contribution in [0.4, 0.5) is 5.69 Å². The third-order valence-electron chi connectivity index (χ3n) is 4.48. The van der Waals surface area contributed by atoms with Crippen LogP contribution in [0.25, 0.3) is 10.8 Å². The van der Waals surface area contributed by atoms with Crippen LogP contribution < -0.4 is 15.6 Å². The highest BCUT2D eigenvalue weighted by Crippen LogP contribution is 2.26. The molecule has 3 rings (SSSR count). The molecule has 0 fully saturated rings. The minimum Gasteiger partial charge on any atom is -0.507 e. The molecular weight excluding hydrogens is 360 g/mol. The molecule has 1 heterocycles. The number of amides is 1. The van der Waals surface area contributed by atoms with Gasteiger partial charge in [-0.3, -0.25) is 9.59 Å². The average molecular weight is 382 g/mol. The molecule has 0 saturated carbocycles. The van der Waals surface area contributed by atoms with Gasteiger partial charge in [0.1, 0.15) is 11.5 Å². The molecular formula is C21H22N2O5. The maximum atomic E-state index is 12.7. The van der Waals surface area contributed by atoms with Crippen molar-refractivity contribution in [3.05, 3.63) is 64.6 Å². The summed E-state index contributed by atoms with van der Waals surface area (Å²) in [6, 6.07) is 10.9. The third kappa shape index (κ3) is 3.70. The van der Waals surface area contributed by atoms with Crippen molar-refractivity contribution in [1.82, 2.24) is 4.57 Å². The van der Waals surface area contributed by atoms with E-state index < -0.39 is 5.91 Å². The number of aromatic hydroxyl groups is 1. The fraction of sp³-hybridized carbons (Fsp3) is 0.238. The Morgan fingerprint density at radius 1 is 1.21 bits per heavy atom. The van der Waals surface area contributed by atoms with Crippen LogP contribution in [0.3, 0.4) is 0 Å².